The number of hydrogen-bond donors (Lipinski definition) is 1. The number of nitrogens with one attached hydrogen (secondary N) is 1. The van der Waals surface area contributed by atoms with Crippen LogP contribution in [0.4, 0.5) is 5.69 Å². The Morgan fingerprint density at radius 3 is 2.67 bits per heavy atom. The second-order valence-electron chi connectivity index (χ2n) is 6.11. The molecule has 1 aromatic carbocycles. The van der Waals surface area contributed by atoms with Crippen molar-refractivity contribution in [2.75, 3.05) is 18.4 Å². The highest BCUT2D eigenvalue weighted by Gasteiger charge is 2.27. The molecule has 0 spiro atoms. The summed E-state index contributed by atoms with van der Waals surface area (Å²) in [5.41, 5.74) is 0.752. The van der Waals surface area contributed by atoms with E-state index in [1.807, 2.05) is 17.5 Å². The Labute approximate surface area is 165 Å². The fourth-order valence-electron chi connectivity index (χ4n) is 2.90. The largest absolute Gasteiger partial charge is 0.321 e. The lowest BCUT2D eigenvalue weighted by molar-refractivity contribution is 0.102. The number of anilines is 1. The summed E-state index contributed by atoms with van der Waals surface area (Å²) in [6.07, 6.45) is 1.76. The molecule has 1 aliphatic rings. The van der Waals surface area contributed by atoms with Crippen molar-refractivity contribution in [2.24, 2.45) is 0 Å². The number of carbonyl (C=O) groups excluding carboxylic acids is 1. The Morgan fingerprint density at radius 1 is 1.11 bits per heavy atom. The van der Waals surface area contributed by atoms with Crippen LogP contribution in [0.2, 0.25) is 0 Å². The van der Waals surface area contributed by atoms with Crippen molar-refractivity contribution >= 4 is 44.3 Å². The summed E-state index contributed by atoms with van der Waals surface area (Å²) in [5.74, 6) is -0.357. The molecule has 0 saturated carbocycles. The molecule has 4 rings (SSSR count). The van der Waals surface area contributed by atoms with Gasteiger partial charge in [-0.3, -0.25) is 4.79 Å². The third kappa shape index (κ3) is 3.81. The minimum absolute atomic E-state index is 0.194. The van der Waals surface area contributed by atoms with Gasteiger partial charge in [0.05, 0.1) is 9.77 Å². The summed E-state index contributed by atoms with van der Waals surface area (Å²) in [4.78, 5) is 18.1. The first kappa shape index (κ1) is 18.3. The molecule has 3 aromatic rings. The zero-order valence-electron chi connectivity index (χ0n) is 14.3. The van der Waals surface area contributed by atoms with Crippen LogP contribution in [-0.4, -0.2) is 36.7 Å². The Kier molecular flexibility index (Phi) is 5.09. The van der Waals surface area contributed by atoms with Crippen molar-refractivity contribution in [3.8, 4) is 9.88 Å². The van der Waals surface area contributed by atoms with Gasteiger partial charge in [-0.15, -0.1) is 22.7 Å². The van der Waals surface area contributed by atoms with Crippen molar-refractivity contribution < 1.29 is 13.2 Å². The normalized spacial score (nSPS) is 15.1. The molecule has 1 N–H and O–H groups in total. The maximum absolute atomic E-state index is 12.7. The molecule has 0 atom stereocenters. The average Bonchev–Trinajstić information content (AvgIpc) is 3.44. The molecule has 6 nitrogen and oxygen atoms in total. The van der Waals surface area contributed by atoms with E-state index >= 15 is 0 Å². The van der Waals surface area contributed by atoms with Crippen LogP contribution in [0, 0.1) is 0 Å². The standard InChI is InChI=1S/C18H17N3O3S3/c22-17(15-12-26-18(20-15)16-7-4-10-25-16)19-13-5-3-6-14(11-13)27(23,24)21-8-1-2-9-21/h3-7,10-12H,1-2,8-9H2,(H,19,22). The van der Waals surface area contributed by atoms with E-state index in [9.17, 15) is 13.2 Å². The Bertz CT molecular complexity index is 1050. The second-order valence-corrected chi connectivity index (χ2v) is 9.85. The molecule has 1 fully saturated rings. The number of aromatic nitrogens is 1. The lowest BCUT2D eigenvalue weighted by Gasteiger charge is -2.16. The van der Waals surface area contributed by atoms with Crippen molar-refractivity contribution in [3.05, 3.63) is 52.9 Å². The van der Waals surface area contributed by atoms with Crippen LogP contribution in [0.5, 0.6) is 0 Å². The molecular weight excluding hydrogens is 402 g/mol. The van der Waals surface area contributed by atoms with Crippen molar-refractivity contribution in [3.63, 3.8) is 0 Å². The van der Waals surface area contributed by atoms with Gasteiger partial charge in [0, 0.05) is 24.2 Å². The van der Waals surface area contributed by atoms with Gasteiger partial charge in [-0.05, 0) is 42.5 Å². The number of thiophene rings is 1. The fraction of sp³-hybridized carbons (Fsp3) is 0.222. The van der Waals surface area contributed by atoms with Gasteiger partial charge >= 0.3 is 0 Å². The lowest BCUT2D eigenvalue weighted by atomic mass is 10.3. The summed E-state index contributed by atoms with van der Waals surface area (Å²) in [7, 11) is -3.52. The molecule has 0 bridgehead atoms. The third-order valence-electron chi connectivity index (χ3n) is 4.26. The van der Waals surface area contributed by atoms with Crippen LogP contribution in [0.1, 0.15) is 23.3 Å². The van der Waals surface area contributed by atoms with Gasteiger partial charge in [0.15, 0.2) is 0 Å². The van der Waals surface area contributed by atoms with E-state index in [4.69, 9.17) is 0 Å². The van der Waals surface area contributed by atoms with Crippen molar-refractivity contribution in [1.29, 1.82) is 0 Å². The molecule has 1 aliphatic heterocycles. The van der Waals surface area contributed by atoms with Gasteiger partial charge in [-0.2, -0.15) is 4.31 Å². The molecule has 0 radical (unpaired) electrons. The minimum atomic E-state index is -3.52. The summed E-state index contributed by atoms with van der Waals surface area (Å²) in [6, 6.07) is 10.3. The SMILES string of the molecule is O=C(Nc1cccc(S(=O)(=O)N2CCCC2)c1)c1csc(-c2cccs2)n1. The lowest BCUT2D eigenvalue weighted by Crippen LogP contribution is -2.27. The van der Waals surface area contributed by atoms with Crippen LogP contribution in [0.3, 0.4) is 0 Å². The molecule has 0 aliphatic carbocycles. The number of carbonyl (C=O) groups is 1. The quantitative estimate of drug-likeness (QED) is 0.680. The van der Waals surface area contributed by atoms with E-state index < -0.39 is 10.0 Å². The van der Waals surface area contributed by atoms with E-state index in [2.05, 4.69) is 10.3 Å². The number of amides is 1. The number of thiazole rings is 1. The van der Waals surface area contributed by atoms with Crippen LogP contribution in [-0.2, 0) is 10.0 Å². The summed E-state index contributed by atoms with van der Waals surface area (Å²) in [6.45, 7) is 1.09. The van der Waals surface area contributed by atoms with Crippen molar-refractivity contribution in [2.45, 2.75) is 17.7 Å². The Hall–Kier alpha value is -2.07. The molecule has 2 aromatic heterocycles. The summed E-state index contributed by atoms with van der Waals surface area (Å²) >= 11 is 2.97. The molecule has 140 valence electrons. The van der Waals surface area contributed by atoms with Gasteiger partial charge in [-0.1, -0.05) is 12.1 Å². The second kappa shape index (κ2) is 7.51. The zero-order valence-corrected chi connectivity index (χ0v) is 16.7. The van der Waals surface area contributed by atoms with Crippen LogP contribution >= 0.6 is 22.7 Å². The molecule has 1 amide bonds. The topological polar surface area (TPSA) is 79.4 Å². The molecule has 27 heavy (non-hydrogen) atoms. The number of benzene rings is 1. The van der Waals surface area contributed by atoms with Crippen molar-refractivity contribution in [1.82, 2.24) is 9.29 Å². The van der Waals surface area contributed by atoms with E-state index in [-0.39, 0.29) is 10.8 Å². The smallest absolute Gasteiger partial charge is 0.275 e. The molecule has 9 heteroatoms. The zero-order chi connectivity index (χ0) is 18.9. The highest BCUT2D eigenvalue weighted by molar-refractivity contribution is 7.89. The predicted octanol–water partition coefficient (Wildman–Crippen LogP) is 3.91. The van der Waals surface area contributed by atoms with Gasteiger partial charge in [-0.25, -0.2) is 13.4 Å². The number of sulfonamides is 1. The Morgan fingerprint density at radius 2 is 1.93 bits per heavy atom. The number of nitrogens with zero attached hydrogens (tertiary/aromatic N) is 2. The first-order valence-corrected chi connectivity index (χ1v) is 11.6. The van der Waals surface area contributed by atoms with E-state index in [1.54, 1.807) is 34.9 Å². The van der Waals surface area contributed by atoms with Gasteiger partial charge in [0.2, 0.25) is 10.0 Å². The summed E-state index contributed by atoms with van der Waals surface area (Å²) < 4.78 is 26.8. The minimum Gasteiger partial charge on any atom is -0.321 e. The third-order valence-corrected chi connectivity index (χ3v) is 8.04. The van der Waals surface area contributed by atoms with E-state index in [1.165, 1.54) is 21.7 Å². The number of hydrogen-bond acceptors (Lipinski definition) is 6. The maximum atomic E-state index is 12.7. The van der Waals surface area contributed by atoms with Gasteiger partial charge in [0.25, 0.3) is 5.91 Å². The highest BCUT2D eigenvalue weighted by atomic mass is 32.2. The maximum Gasteiger partial charge on any atom is 0.275 e. The van der Waals surface area contributed by atoms with Crippen LogP contribution in [0.15, 0.2) is 52.1 Å². The van der Waals surface area contributed by atoms with Gasteiger partial charge < -0.3 is 5.32 Å². The Balaban J connectivity index is 1.52. The predicted molar refractivity (Wildman–Crippen MR) is 108 cm³/mol. The molecule has 0 unspecified atom stereocenters. The van der Waals surface area contributed by atoms with E-state index in [0.29, 0.717) is 24.5 Å². The highest BCUT2D eigenvalue weighted by Crippen LogP contribution is 2.28. The van der Waals surface area contributed by atoms with Crippen LogP contribution < -0.4 is 5.32 Å². The fourth-order valence-corrected chi connectivity index (χ4v) is 6.08. The first-order chi connectivity index (χ1) is 13.0. The average molecular weight is 420 g/mol. The monoisotopic (exact) mass is 419 g/mol. The van der Waals surface area contributed by atoms with Gasteiger partial charge in [0.1, 0.15) is 10.7 Å². The number of rotatable bonds is 5. The molecule has 3 heterocycles. The molecular formula is C18H17N3O3S3. The summed E-state index contributed by atoms with van der Waals surface area (Å²) in [5, 5.41) is 7.20. The van der Waals surface area contributed by atoms with E-state index in [0.717, 1.165) is 22.7 Å². The molecule has 1 saturated heterocycles. The van der Waals surface area contributed by atoms with Crippen LogP contribution in [0.25, 0.3) is 9.88 Å². The first-order valence-electron chi connectivity index (χ1n) is 8.45.